The smallest absolute Gasteiger partial charge is 0.226 e. The number of aromatic amines is 1. The number of rotatable bonds is 3. The number of hydrogen-bond acceptors (Lipinski definition) is 1. The molecule has 1 aromatic rings. The van der Waals surface area contributed by atoms with E-state index in [0.717, 1.165) is 30.7 Å². The predicted octanol–water partition coefficient (Wildman–Crippen LogP) is 3.63. The molecule has 1 amide bonds. The summed E-state index contributed by atoms with van der Waals surface area (Å²) in [7, 11) is 0. The average Bonchev–Trinajstić information content (AvgIpc) is 2.84. The van der Waals surface area contributed by atoms with Crippen LogP contribution in [0.3, 0.4) is 0 Å². The molecule has 0 radical (unpaired) electrons. The van der Waals surface area contributed by atoms with Crippen LogP contribution in [0.5, 0.6) is 0 Å². The lowest BCUT2D eigenvalue weighted by Gasteiger charge is -2.64. The topological polar surface area (TPSA) is 44.9 Å². The van der Waals surface area contributed by atoms with Gasteiger partial charge in [-0.15, -0.1) is 0 Å². The molecule has 0 aliphatic heterocycles. The van der Waals surface area contributed by atoms with Crippen molar-refractivity contribution in [3.05, 3.63) is 24.0 Å². The third kappa shape index (κ3) is 2.13. The van der Waals surface area contributed by atoms with Gasteiger partial charge in [-0.1, -0.05) is 13.8 Å². The number of aromatic nitrogens is 1. The summed E-state index contributed by atoms with van der Waals surface area (Å²) in [4.78, 5) is 16.0. The number of nitrogens with one attached hydrogen (secondary N) is 2. The van der Waals surface area contributed by atoms with Crippen LogP contribution in [0.4, 0.5) is 0 Å². The first-order valence-corrected chi connectivity index (χ1v) is 8.31. The van der Waals surface area contributed by atoms with Gasteiger partial charge in [-0.25, -0.2) is 0 Å². The summed E-state index contributed by atoms with van der Waals surface area (Å²) in [6.07, 6.45) is 11.2. The van der Waals surface area contributed by atoms with Crippen LogP contribution in [0.2, 0.25) is 0 Å². The highest BCUT2D eigenvalue weighted by Crippen LogP contribution is 2.69. The van der Waals surface area contributed by atoms with E-state index in [1.165, 1.54) is 19.3 Å². The van der Waals surface area contributed by atoms with E-state index in [4.69, 9.17) is 0 Å². The van der Waals surface area contributed by atoms with Crippen molar-refractivity contribution in [3.63, 3.8) is 0 Å². The van der Waals surface area contributed by atoms with Crippen molar-refractivity contribution in [2.24, 2.45) is 22.2 Å². The molecule has 2 N–H and O–H groups in total. The van der Waals surface area contributed by atoms with Crippen LogP contribution in [-0.4, -0.2) is 10.9 Å². The molecule has 3 nitrogen and oxygen atoms in total. The molecule has 0 aromatic carbocycles. The van der Waals surface area contributed by atoms with E-state index in [-0.39, 0.29) is 5.41 Å². The minimum absolute atomic E-state index is 0.0841. The van der Waals surface area contributed by atoms with E-state index in [0.29, 0.717) is 23.3 Å². The Kier molecular flexibility index (Phi) is 2.65. The Morgan fingerprint density at radius 2 is 1.95 bits per heavy atom. The second-order valence-electron chi connectivity index (χ2n) is 8.81. The molecule has 5 rings (SSSR count). The van der Waals surface area contributed by atoms with Gasteiger partial charge >= 0.3 is 0 Å². The van der Waals surface area contributed by atoms with Crippen molar-refractivity contribution in [2.45, 2.75) is 58.9 Å². The van der Waals surface area contributed by atoms with Crippen LogP contribution < -0.4 is 5.32 Å². The molecule has 1 heterocycles. The summed E-state index contributed by atoms with van der Waals surface area (Å²) in [5, 5.41) is 3.22. The lowest BCUT2D eigenvalue weighted by atomic mass is 9.40. The lowest BCUT2D eigenvalue weighted by Crippen LogP contribution is -2.59. The summed E-state index contributed by atoms with van der Waals surface area (Å²) in [5.74, 6) is 1.08. The second-order valence-corrected chi connectivity index (χ2v) is 8.81. The largest absolute Gasteiger partial charge is 0.367 e. The van der Waals surface area contributed by atoms with Gasteiger partial charge in [0.05, 0.1) is 5.41 Å². The van der Waals surface area contributed by atoms with Gasteiger partial charge in [0.25, 0.3) is 0 Å². The quantitative estimate of drug-likeness (QED) is 0.875. The first-order chi connectivity index (χ1) is 9.91. The van der Waals surface area contributed by atoms with Gasteiger partial charge in [0.2, 0.25) is 5.91 Å². The number of H-pyrrole nitrogens is 1. The van der Waals surface area contributed by atoms with Gasteiger partial charge in [-0.05, 0) is 66.9 Å². The Bertz CT molecular complexity index is 544. The highest BCUT2D eigenvalue weighted by atomic mass is 16.2. The van der Waals surface area contributed by atoms with Gasteiger partial charge in [0.1, 0.15) is 0 Å². The SMILES string of the molecule is CC12CC3CC(C)(C1)CC(C(=O)NCc1cc[nH]c1)(C3)C2. The first kappa shape index (κ1) is 13.4. The van der Waals surface area contributed by atoms with Gasteiger partial charge in [-0.2, -0.15) is 0 Å². The van der Waals surface area contributed by atoms with Crippen LogP contribution in [-0.2, 0) is 11.3 Å². The van der Waals surface area contributed by atoms with Crippen LogP contribution in [0, 0.1) is 22.2 Å². The summed E-state index contributed by atoms with van der Waals surface area (Å²) in [6, 6.07) is 2.03. The van der Waals surface area contributed by atoms with Crippen molar-refractivity contribution in [2.75, 3.05) is 0 Å². The Morgan fingerprint density at radius 1 is 1.24 bits per heavy atom. The van der Waals surface area contributed by atoms with Crippen LogP contribution in [0.15, 0.2) is 18.5 Å². The number of carbonyl (C=O) groups excluding carboxylic acids is 1. The van der Waals surface area contributed by atoms with Gasteiger partial charge in [0, 0.05) is 18.9 Å². The van der Waals surface area contributed by atoms with E-state index in [2.05, 4.69) is 24.1 Å². The zero-order valence-corrected chi connectivity index (χ0v) is 13.2. The summed E-state index contributed by atoms with van der Waals surface area (Å²) < 4.78 is 0. The van der Waals surface area contributed by atoms with Crippen molar-refractivity contribution in [1.29, 1.82) is 0 Å². The molecular weight excluding hydrogens is 260 g/mol. The molecule has 4 fully saturated rings. The molecule has 2 unspecified atom stereocenters. The maximum atomic E-state index is 13.0. The van der Waals surface area contributed by atoms with Crippen molar-refractivity contribution in [1.82, 2.24) is 10.3 Å². The molecule has 21 heavy (non-hydrogen) atoms. The Hall–Kier alpha value is -1.25. The third-order valence-electron chi connectivity index (χ3n) is 6.22. The standard InChI is InChI=1S/C18H26N2O/c1-16-5-14-6-17(2,10-16)12-18(7-14,11-16)15(21)20-9-13-3-4-19-8-13/h3-4,8,14,19H,5-7,9-12H2,1-2H3,(H,20,21). The number of hydrogen-bond donors (Lipinski definition) is 2. The summed E-state index contributed by atoms with van der Waals surface area (Å²) in [5.41, 5.74) is 1.88. The van der Waals surface area contributed by atoms with Crippen molar-refractivity contribution < 1.29 is 4.79 Å². The molecule has 4 aliphatic rings. The van der Waals surface area contributed by atoms with Crippen LogP contribution in [0.1, 0.15) is 57.9 Å². The number of carbonyl (C=O) groups is 1. The minimum Gasteiger partial charge on any atom is -0.367 e. The zero-order chi connectivity index (χ0) is 14.7. The molecule has 3 heteroatoms. The molecule has 4 bridgehead atoms. The van der Waals surface area contributed by atoms with E-state index < -0.39 is 0 Å². The molecule has 1 aromatic heterocycles. The summed E-state index contributed by atoms with van der Waals surface area (Å²) in [6.45, 7) is 5.50. The number of amides is 1. The molecule has 114 valence electrons. The van der Waals surface area contributed by atoms with Crippen LogP contribution in [0.25, 0.3) is 0 Å². The fourth-order valence-electron chi connectivity index (χ4n) is 6.54. The predicted molar refractivity (Wildman–Crippen MR) is 82.5 cm³/mol. The molecule has 4 aliphatic carbocycles. The summed E-state index contributed by atoms with van der Waals surface area (Å²) >= 11 is 0. The van der Waals surface area contributed by atoms with Crippen molar-refractivity contribution in [3.8, 4) is 0 Å². The third-order valence-corrected chi connectivity index (χ3v) is 6.22. The molecule has 2 atom stereocenters. The zero-order valence-electron chi connectivity index (χ0n) is 13.2. The lowest BCUT2D eigenvalue weighted by molar-refractivity contribution is -0.170. The Morgan fingerprint density at radius 3 is 2.52 bits per heavy atom. The second kappa shape index (κ2) is 4.15. The minimum atomic E-state index is -0.0841. The van der Waals surface area contributed by atoms with E-state index in [1.807, 2.05) is 18.5 Å². The highest BCUT2D eigenvalue weighted by Gasteiger charge is 2.62. The highest BCUT2D eigenvalue weighted by molar-refractivity contribution is 5.83. The first-order valence-electron chi connectivity index (χ1n) is 8.31. The maximum Gasteiger partial charge on any atom is 0.226 e. The van der Waals surface area contributed by atoms with Gasteiger partial charge in [-0.3, -0.25) is 4.79 Å². The normalized spacial score (nSPS) is 44.0. The average molecular weight is 286 g/mol. The van der Waals surface area contributed by atoms with Gasteiger partial charge in [0.15, 0.2) is 0 Å². The van der Waals surface area contributed by atoms with E-state index in [9.17, 15) is 4.79 Å². The molecule has 0 saturated heterocycles. The Balaban J connectivity index is 1.54. The fourth-order valence-corrected chi connectivity index (χ4v) is 6.54. The van der Waals surface area contributed by atoms with E-state index >= 15 is 0 Å². The molecule has 0 spiro atoms. The molecular formula is C18H26N2O. The Labute approximate surface area is 126 Å². The van der Waals surface area contributed by atoms with Gasteiger partial charge < -0.3 is 10.3 Å². The monoisotopic (exact) mass is 286 g/mol. The van der Waals surface area contributed by atoms with Crippen LogP contribution >= 0.6 is 0 Å². The van der Waals surface area contributed by atoms with E-state index in [1.54, 1.807) is 0 Å². The molecule has 4 saturated carbocycles. The van der Waals surface area contributed by atoms with Crippen molar-refractivity contribution >= 4 is 5.91 Å². The fraction of sp³-hybridized carbons (Fsp3) is 0.722. The maximum absolute atomic E-state index is 13.0.